The molecule has 0 saturated carbocycles. The van der Waals surface area contributed by atoms with E-state index in [4.69, 9.17) is 4.74 Å². The summed E-state index contributed by atoms with van der Waals surface area (Å²) in [6.07, 6.45) is 4.33. The van der Waals surface area contributed by atoms with Crippen LogP contribution in [0.3, 0.4) is 0 Å². The van der Waals surface area contributed by atoms with Crippen molar-refractivity contribution in [2.24, 2.45) is 0 Å². The summed E-state index contributed by atoms with van der Waals surface area (Å²) in [6, 6.07) is 3.85. The largest absolute Gasteiger partial charge is 0.495 e. The molecule has 84 valence electrons. The molecule has 2 aromatic heterocycles. The Bertz CT molecular complexity index is 505. The van der Waals surface area contributed by atoms with Gasteiger partial charge in [0.25, 0.3) is 0 Å². The van der Waals surface area contributed by atoms with Gasteiger partial charge in [-0.15, -0.1) is 5.10 Å². The van der Waals surface area contributed by atoms with Gasteiger partial charge >= 0.3 is 0 Å². The Morgan fingerprint density at radius 1 is 1.50 bits per heavy atom. The van der Waals surface area contributed by atoms with Gasteiger partial charge in [0.2, 0.25) is 0 Å². The van der Waals surface area contributed by atoms with Crippen LogP contribution in [-0.4, -0.2) is 27.5 Å². The molecule has 0 amide bonds. The van der Waals surface area contributed by atoms with Crippen LogP contribution >= 0.6 is 11.8 Å². The summed E-state index contributed by atoms with van der Waals surface area (Å²) in [7, 11) is 1.66. The van der Waals surface area contributed by atoms with Crippen molar-refractivity contribution in [1.29, 1.82) is 0 Å². The third-order valence-corrected chi connectivity index (χ3v) is 4.15. The summed E-state index contributed by atoms with van der Waals surface area (Å²) in [6.45, 7) is 0. The van der Waals surface area contributed by atoms with Crippen LogP contribution in [0.5, 0.6) is 5.75 Å². The van der Waals surface area contributed by atoms with Gasteiger partial charge in [0.05, 0.1) is 18.6 Å². The Labute approximate surface area is 98.0 Å². The molecule has 1 aliphatic rings. The number of pyridine rings is 1. The Balaban J connectivity index is 2.01. The number of methoxy groups -OCH3 is 1. The van der Waals surface area contributed by atoms with Gasteiger partial charge in [0.1, 0.15) is 5.75 Å². The molecule has 0 radical (unpaired) electrons. The fraction of sp³-hybridized carbons (Fsp3) is 0.455. The number of thioether (sulfide) groups is 1. The lowest BCUT2D eigenvalue weighted by Crippen LogP contribution is -1.93. The van der Waals surface area contributed by atoms with Gasteiger partial charge in [-0.05, 0) is 30.7 Å². The minimum atomic E-state index is 0.478. The first-order valence-electron chi connectivity index (χ1n) is 5.39. The molecule has 0 bridgehead atoms. The van der Waals surface area contributed by atoms with Gasteiger partial charge in [0.15, 0.2) is 11.5 Å². The molecule has 1 fully saturated rings. The second-order valence-electron chi connectivity index (χ2n) is 3.84. The first kappa shape index (κ1) is 9.96. The molecule has 2 aromatic rings. The van der Waals surface area contributed by atoms with Crippen molar-refractivity contribution in [3.63, 3.8) is 0 Å². The zero-order valence-electron chi connectivity index (χ0n) is 9.09. The highest BCUT2D eigenvalue weighted by Crippen LogP contribution is 2.38. The van der Waals surface area contributed by atoms with E-state index in [0.717, 1.165) is 17.2 Å². The van der Waals surface area contributed by atoms with Crippen molar-refractivity contribution in [1.82, 2.24) is 14.6 Å². The molecule has 1 unspecified atom stereocenters. The first-order chi connectivity index (χ1) is 7.86. The van der Waals surface area contributed by atoms with Crippen LogP contribution in [0.2, 0.25) is 0 Å². The molecule has 1 aliphatic heterocycles. The molecule has 0 spiro atoms. The standard InChI is InChI=1S/C11H13N3OS/c1-15-8-4-5-10-12-11(13-14(10)7-8)9-3-2-6-16-9/h4-5,7,9H,2-3,6H2,1H3. The van der Waals surface area contributed by atoms with E-state index in [1.807, 2.05) is 30.1 Å². The number of hydrogen-bond acceptors (Lipinski definition) is 4. The SMILES string of the molecule is COc1ccc2nc(C3CCCS3)nn2c1. The Morgan fingerprint density at radius 3 is 3.19 bits per heavy atom. The lowest BCUT2D eigenvalue weighted by molar-refractivity contribution is 0.411. The normalized spacial score (nSPS) is 20.4. The molecule has 1 saturated heterocycles. The van der Waals surface area contributed by atoms with Crippen molar-refractivity contribution in [3.8, 4) is 5.75 Å². The molecular formula is C11H13N3OS. The van der Waals surface area contributed by atoms with Crippen molar-refractivity contribution < 1.29 is 4.74 Å². The molecule has 0 aliphatic carbocycles. The van der Waals surface area contributed by atoms with E-state index in [1.54, 1.807) is 11.6 Å². The number of fused-ring (bicyclic) bond motifs is 1. The molecule has 4 nitrogen and oxygen atoms in total. The molecule has 16 heavy (non-hydrogen) atoms. The maximum atomic E-state index is 5.16. The van der Waals surface area contributed by atoms with Gasteiger partial charge in [-0.25, -0.2) is 9.50 Å². The monoisotopic (exact) mass is 235 g/mol. The van der Waals surface area contributed by atoms with Crippen LogP contribution in [0, 0.1) is 0 Å². The van der Waals surface area contributed by atoms with Crippen molar-refractivity contribution in [2.75, 3.05) is 12.9 Å². The minimum Gasteiger partial charge on any atom is -0.495 e. The topological polar surface area (TPSA) is 39.4 Å². The zero-order chi connectivity index (χ0) is 11.0. The van der Waals surface area contributed by atoms with Gasteiger partial charge in [0, 0.05) is 0 Å². The number of nitrogens with zero attached hydrogens (tertiary/aromatic N) is 3. The van der Waals surface area contributed by atoms with Crippen LogP contribution in [0.15, 0.2) is 18.3 Å². The van der Waals surface area contributed by atoms with Crippen LogP contribution in [0.4, 0.5) is 0 Å². The molecule has 0 N–H and O–H groups in total. The van der Waals surface area contributed by atoms with E-state index in [9.17, 15) is 0 Å². The Morgan fingerprint density at radius 2 is 2.44 bits per heavy atom. The van der Waals surface area contributed by atoms with Gasteiger partial charge in [-0.1, -0.05) is 0 Å². The average Bonchev–Trinajstić information content (AvgIpc) is 2.96. The van der Waals surface area contributed by atoms with Crippen LogP contribution in [0.1, 0.15) is 23.9 Å². The molecule has 3 rings (SSSR count). The summed E-state index contributed by atoms with van der Waals surface area (Å²) in [5, 5.41) is 4.99. The number of aromatic nitrogens is 3. The fourth-order valence-electron chi connectivity index (χ4n) is 1.92. The number of hydrogen-bond donors (Lipinski definition) is 0. The van der Waals surface area contributed by atoms with Crippen molar-refractivity contribution in [3.05, 3.63) is 24.2 Å². The van der Waals surface area contributed by atoms with E-state index in [1.165, 1.54) is 18.6 Å². The summed E-state index contributed by atoms with van der Waals surface area (Å²) in [5.41, 5.74) is 0.892. The predicted octanol–water partition coefficient (Wildman–Crippen LogP) is 2.31. The van der Waals surface area contributed by atoms with Crippen molar-refractivity contribution >= 4 is 17.4 Å². The van der Waals surface area contributed by atoms with Gasteiger partial charge in [-0.3, -0.25) is 0 Å². The molecular weight excluding hydrogens is 222 g/mol. The zero-order valence-corrected chi connectivity index (χ0v) is 9.91. The van der Waals surface area contributed by atoms with Gasteiger partial charge < -0.3 is 4.74 Å². The van der Waals surface area contributed by atoms with E-state index >= 15 is 0 Å². The van der Waals surface area contributed by atoms with E-state index in [2.05, 4.69) is 10.1 Å². The fourth-order valence-corrected chi connectivity index (χ4v) is 3.12. The van der Waals surface area contributed by atoms with Crippen LogP contribution in [-0.2, 0) is 0 Å². The third-order valence-electron chi connectivity index (χ3n) is 2.77. The number of rotatable bonds is 2. The van der Waals surface area contributed by atoms with Gasteiger partial charge in [-0.2, -0.15) is 11.8 Å². The lowest BCUT2D eigenvalue weighted by Gasteiger charge is -2.00. The first-order valence-corrected chi connectivity index (χ1v) is 6.43. The summed E-state index contributed by atoms with van der Waals surface area (Å²) in [4.78, 5) is 4.55. The maximum Gasteiger partial charge on any atom is 0.164 e. The van der Waals surface area contributed by atoms with Crippen LogP contribution in [0.25, 0.3) is 5.65 Å². The molecule has 1 atom stereocenters. The minimum absolute atomic E-state index is 0.478. The highest BCUT2D eigenvalue weighted by molar-refractivity contribution is 7.99. The molecule has 0 aromatic carbocycles. The summed E-state index contributed by atoms with van der Waals surface area (Å²) >= 11 is 1.95. The highest BCUT2D eigenvalue weighted by Gasteiger charge is 2.21. The highest BCUT2D eigenvalue weighted by atomic mass is 32.2. The predicted molar refractivity (Wildman–Crippen MR) is 64.0 cm³/mol. The maximum absolute atomic E-state index is 5.16. The average molecular weight is 235 g/mol. The van der Waals surface area contributed by atoms with E-state index in [0.29, 0.717) is 5.25 Å². The second-order valence-corrected chi connectivity index (χ2v) is 5.15. The smallest absolute Gasteiger partial charge is 0.164 e. The summed E-state index contributed by atoms with van der Waals surface area (Å²) < 4.78 is 6.96. The molecule has 3 heterocycles. The van der Waals surface area contributed by atoms with Crippen LogP contribution < -0.4 is 4.74 Å². The van der Waals surface area contributed by atoms with E-state index in [-0.39, 0.29) is 0 Å². The third kappa shape index (κ3) is 1.65. The second kappa shape index (κ2) is 3.97. The molecule has 5 heteroatoms. The Hall–Kier alpha value is -1.23. The summed E-state index contributed by atoms with van der Waals surface area (Å²) in [5.74, 6) is 2.99. The van der Waals surface area contributed by atoms with E-state index < -0.39 is 0 Å². The van der Waals surface area contributed by atoms with Crippen molar-refractivity contribution in [2.45, 2.75) is 18.1 Å². The number of ether oxygens (including phenoxy) is 1. The lowest BCUT2D eigenvalue weighted by atomic mass is 10.2. The quantitative estimate of drug-likeness (QED) is 0.800. The Kier molecular flexibility index (Phi) is 2.47.